The SMILES string of the molecule is Cc1cccc2c1N(C(=O)OC(C)(C)C)CCN2c1cc2cnc(Nc3ccc(N4CCN(C)CC4)cc3)nc2n(C2CC(O)C2)c1=O. The van der Waals surface area contributed by atoms with Crippen LogP contribution >= 0.6 is 0 Å². The number of aromatic nitrogens is 3. The lowest BCUT2D eigenvalue weighted by Gasteiger charge is -2.39. The molecule has 1 saturated carbocycles. The van der Waals surface area contributed by atoms with E-state index in [0.29, 0.717) is 48.6 Å². The average Bonchev–Trinajstić information content (AvgIpc) is 3.03. The molecule has 252 valence electrons. The van der Waals surface area contributed by atoms with Crippen LogP contribution in [0.25, 0.3) is 11.0 Å². The van der Waals surface area contributed by atoms with Crippen LogP contribution in [-0.4, -0.2) is 88.7 Å². The van der Waals surface area contributed by atoms with E-state index < -0.39 is 17.8 Å². The number of nitrogens with zero attached hydrogens (tertiary/aromatic N) is 7. The zero-order chi connectivity index (χ0) is 33.7. The molecule has 1 amide bonds. The third kappa shape index (κ3) is 6.17. The molecular formula is C36H44N8O4. The number of hydrogen-bond acceptors (Lipinski definition) is 10. The summed E-state index contributed by atoms with van der Waals surface area (Å²) in [6, 6.07) is 15.7. The van der Waals surface area contributed by atoms with Crippen LogP contribution in [0.2, 0.25) is 0 Å². The lowest BCUT2D eigenvalue weighted by Crippen LogP contribution is -2.46. The minimum Gasteiger partial charge on any atom is -0.443 e. The van der Waals surface area contributed by atoms with E-state index >= 15 is 0 Å². The average molecular weight is 653 g/mol. The topological polar surface area (TPSA) is 119 Å². The van der Waals surface area contributed by atoms with Crippen molar-refractivity contribution in [3.8, 4) is 0 Å². The normalized spacial score (nSPS) is 20.0. The van der Waals surface area contributed by atoms with Gasteiger partial charge < -0.3 is 29.9 Å². The highest BCUT2D eigenvalue weighted by molar-refractivity contribution is 5.97. The summed E-state index contributed by atoms with van der Waals surface area (Å²) in [7, 11) is 2.15. The summed E-state index contributed by atoms with van der Waals surface area (Å²) in [5.41, 5.74) is 4.57. The van der Waals surface area contributed by atoms with Gasteiger partial charge in [-0.25, -0.2) is 9.78 Å². The molecule has 12 heteroatoms. The van der Waals surface area contributed by atoms with E-state index in [4.69, 9.17) is 9.72 Å². The smallest absolute Gasteiger partial charge is 0.414 e. The van der Waals surface area contributed by atoms with E-state index in [0.717, 1.165) is 48.8 Å². The molecule has 7 rings (SSSR count). The molecule has 4 aromatic rings. The number of ether oxygens (including phenoxy) is 1. The Labute approximate surface area is 280 Å². The highest BCUT2D eigenvalue weighted by Gasteiger charge is 2.36. The lowest BCUT2D eigenvalue weighted by atomic mass is 9.89. The van der Waals surface area contributed by atoms with E-state index in [9.17, 15) is 14.7 Å². The first-order chi connectivity index (χ1) is 22.9. The standard InChI is InChI=1S/C36H44N8O4/c1-23-7-6-8-29-31(23)43(35(47)48-36(2,3)4)18-17-42(29)30-19-24-22-37-34(39-32(24)44(33(30)46)27-20-28(45)21-27)38-25-9-11-26(12-10-25)41-15-13-40(5)14-16-41/h6-12,19,22,27-28,45H,13-18,20-21H2,1-5H3,(H,37,38,39). The van der Waals surface area contributed by atoms with Gasteiger partial charge in [-0.15, -0.1) is 0 Å². The number of amides is 1. The molecule has 1 saturated heterocycles. The van der Waals surface area contributed by atoms with E-state index in [-0.39, 0.29) is 11.6 Å². The molecule has 2 aromatic carbocycles. The first-order valence-electron chi connectivity index (χ1n) is 16.7. The first-order valence-corrected chi connectivity index (χ1v) is 16.7. The molecule has 0 atom stereocenters. The van der Waals surface area contributed by atoms with Gasteiger partial charge in [0.2, 0.25) is 5.95 Å². The number of fused-ring (bicyclic) bond motifs is 2. The zero-order valence-electron chi connectivity index (χ0n) is 28.3. The minimum absolute atomic E-state index is 0.194. The van der Waals surface area contributed by atoms with Crippen LogP contribution in [0.3, 0.4) is 0 Å². The molecule has 48 heavy (non-hydrogen) atoms. The maximum Gasteiger partial charge on any atom is 0.414 e. The number of rotatable bonds is 5. The number of anilines is 6. The van der Waals surface area contributed by atoms with Gasteiger partial charge in [0.05, 0.1) is 17.5 Å². The Morgan fingerprint density at radius 3 is 2.40 bits per heavy atom. The summed E-state index contributed by atoms with van der Waals surface area (Å²) in [6.07, 6.45) is 1.81. The molecule has 3 aliphatic rings. The van der Waals surface area contributed by atoms with Crippen molar-refractivity contribution in [1.82, 2.24) is 19.4 Å². The molecule has 0 radical (unpaired) electrons. The number of aryl methyl sites for hydroxylation is 1. The van der Waals surface area contributed by atoms with E-state index in [1.165, 1.54) is 5.69 Å². The monoisotopic (exact) mass is 652 g/mol. The van der Waals surface area contributed by atoms with E-state index in [1.807, 2.05) is 69.0 Å². The van der Waals surface area contributed by atoms with Gasteiger partial charge in [0, 0.05) is 68.3 Å². The van der Waals surface area contributed by atoms with Gasteiger partial charge in [-0.2, -0.15) is 4.98 Å². The van der Waals surface area contributed by atoms with Crippen molar-refractivity contribution in [1.29, 1.82) is 0 Å². The Morgan fingerprint density at radius 1 is 0.979 bits per heavy atom. The second-order valence-electron chi connectivity index (χ2n) is 14.1. The highest BCUT2D eigenvalue weighted by Crippen LogP contribution is 2.41. The number of pyridine rings is 1. The molecule has 0 unspecified atom stereocenters. The molecule has 2 aliphatic heterocycles. The second kappa shape index (κ2) is 12.4. The van der Waals surface area contributed by atoms with Gasteiger partial charge in [-0.3, -0.25) is 14.3 Å². The van der Waals surface area contributed by atoms with Gasteiger partial charge in [-0.05, 0) is 89.5 Å². The Balaban J connectivity index is 1.23. The number of hydrogen-bond donors (Lipinski definition) is 2. The van der Waals surface area contributed by atoms with Crippen LogP contribution in [0.4, 0.5) is 39.2 Å². The van der Waals surface area contributed by atoms with Crippen LogP contribution in [0.5, 0.6) is 0 Å². The Kier molecular flexibility index (Phi) is 8.24. The van der Waals surface area contributed by atoms with E-state index in [1.54, 1.807) is 15.7 Å². The summed E-state index contributed by atoms with van der Waals surface area (Å²) in [5.74, 6) is 0.391. The van der Waals surface area contributed by atoms with Crippen molar-refractivity contribution >= 4 is 51.5 Å². The largest absolute Gasteiger partial charge is 0.443 e. The van der Waals surface area contributed by atoms with Gasteiger partial charge in [0.25, 0.3) is 5.56 Å². The fourth-order valence-corrected chi connectivity index (χ4v) is 6.81. The van der Waals surface area contributed by atoms with Crippen LogP contribution in [0.1, 0.15) is 45.2 Å². The maximum atomic E-state index is 14.4. The predicted molar refractivity (Wildman–Crippen MR) is 189 cm³/mol. The van der Waals surface area contributed by atoms with Gasteiger partial charge in [0.1, 0.15) is 16.9 Å². The summed E-state index contributed by atoms with van der Waals surface area (Å²) in [6.45, 7) is 12.3. The van der Waals surface area contributed by atoms with Crippen LogP contribution in [0, 0.1) is 6.92 Å². The molecular weight excluding hydrogens is 608 g/mol. The van der Waals surface area contributed by atoms with Gasteiger partial charge >= 0.3 is 6.09 Å². The number of likely N-dealkylation sites (N-methyl/N-ethyl adjacent to an activating group) is 1. The lowest BCUT2D eigenvalue weighted by molar-refractivity contribution is 0.0488. The molecule has 4 heterocycles. The van der Waals surface area contributed by atoms with E-state index in [2.05, 4.69) is 39.3 Å². The number of carbonyl (C=O) groups excluding carboxylic acids is 1. The number of aliphatic hydroxyl groups is 1. The Bertz CT molecular complexity index is 1890. The quantitative estimate of drug-likeness (QED) is 0.298. The highest BCUT2D eigenvalue weighted by atomic mass is 16.6. The van der Waals surface area contributed by atoms with Crippen molar-refractivity contribution < 1.29 is 14.6 Å². The van der Waals surface area contributed by atoms with Crippen molar-refractivity contribution in [3.05, 3.63) is 70.6 Å². The van der Waals surface area contributed by atoms with Crippen molar-refractivity contribution in [2.24, 2.45) is 0 Å². The van der Waals surface area contributed by atoms with Crippen molar-refractivity contribution in [2.45, 2.75) is 58.3 Å². The minimum atomic E-state index is -0.641. The molecule has 0 bridgehead atoms. The number of nitrogens with one attached hydrogen (secondary N) is 1. The maximum absolute atomic E-state index is 14.4. The van der Waals surface area contributed by atoms with Crippen molar-refractivity contribution in [3.63, 3.8) is 0 Å². The fraction of sp³-hybridized carbons (Fsp3) is 0.444. The summed E-state index contributed by atoms with van der Waals surface area (Å²) < 4.78 is 7.46. The molecule has 2 fully saturated rings. The number of para-hydroxylation sites is 1. The fourth-order valence-electron chi connectivity index (χ4n) is 6.81. The first kappa shape index (κ1) is 31.9. The van der Waals surface area contributed by atoms with Gasteiger partial charge in [0.15, 0.2) is 0 Å². The molecule has 1 aliphatic carbocycles. The summed E-state index contributed by atoms with van der Waals surface area (Å²) >= 11 is 0. The summed E-state index contributed by atoms with van der Waals surface area (Å²) in [5, 5.41) is 14.3. The van der Waals surface area contributed by atoms with Crippen LogP contribution < -0.4 is 25.6 Å². The number of aliphatic hydroxyl groups excluding tert-OH is 1. The predicted octanol–water partition coefficient (Wildman–Crippen LogP) is 5.18. The molecule has 2 aromatic heterocycles. The Hall–Kier alpha value is -4.68. The number of carbonyl (C=O) groups is 1. The number of benzene rings is 2. The van der Waals surface area contributed by atoms with Crippen LogP contribution in [0.15, 0.2) is 59.5 Å². The zero-order valence-corrected chi connectivity index (χ0v) is 28.3. The number of piperazine rings is 1. The molecule has 2 N–H and O–H groups in total. The molecule has 0 spiro atoms. The van der Waals surface area contributed by atoms with Crippen LogP contribution in [-0.2, 0) is 4.74 Å². The summed E-state index contributed by atoms with van der Waals surface area (Å²) in [4.78, 5) is 45.6. The third-order valence-corrected chi connectivity index (χ3v) is 9.43. The van der Waals surface area contributed by atoms with Crippen molar-refractivity contribution in [2.75, 3.05) is 66.3 Å². The Morgan fingerprint density at radius 2 is 1.71 bits per heavy atom. The van der Waals surface area contributed by atoms with Gasteiger partial charge in [-0.1, -0.05) is 12.1 Å². The molecule has 12 nitrogen and oxygen atoms in total. The second-order valence-corrected chi connectivity index (χ2v) is 14.1. The third-order valence-electron chi connectivity index (χ3n) is 9.43.